The summed E-state index contributed by atoms with van der Waals surface area (Å²) >= 11 is 1.89. The fourth-order valence-electron chi connectivity index (χ4n) is 10.1. The Hall–Kier alpha value is -8.06. The van der Waals surface area contributed by atoms with Gasteiger partial charge in [0.1, 0.15) is 16.8 Å². The molecule has 0 aliphatic heterocycles. The maximum atomic E-state index is 6.61. The number of thiophene rings is 1. The van der Waals surface area contributed by atoms with E-state index in [1.165, 1.54) is 63.5 Å². The van der Waals surface area contributed by atoms with E-state index < -0.39 is 0 Å². The number of fused-ring (bicyclic) bond motifs is 16. The first-order chi connectivity index (χ1) is 30.8. The van der Waals surface area contributed by atoms with Gasteiger partial charge >= 0.3 is 0 Å². The Bertz CT molecular complexity index is 4110. The number of benzene rings is 9. The zero-order chi connectivity index (χ0) is 40.5. The number of hydrogen-bond donors (Lipinski definition) is 0. The van der Waals surface area contributed by atoms with Gasteiger partial charge in [0.2, 0.25) is 0 Å². The molecule has 14 rings (SSSR count). The fraction of sp³-hybridized carbons (Fsp3) is 0. The number of rotatable bonds is 4. The molecule has 0 unspecified atom stereocenters. The highest BCUT2D eigenvalue weighted by Gasteiger charge is 2.23. The van der Waals surface area contributed by atoms with Gasteiger partial charge in [-0.3, -0.25) is 0 Å². The predicted octanol–water partition coefficient (Wildman–Crippen LogP) is 15.4. The van der Waals surface area contributed by atoms with Crippen LogP contribution in [0.5, 0.6) is 0 Å². The van der Waals surface area contributed by atoms with Crippen LogP contribution in [-0.2, 0) is 0 Å². The second-order valence-electron chi connectivity index (χ2n) is 16.1. The van der Waals surface area contributed by atoms with Gasteiger partial charge in [0, 0.05) is 75.0 Å². The van der Waals surface area contributed by atoms with Crippen molar-refractivity contribution >= 4 is 108 Å². The second kappa shape index (κ2) is 12.7. The van der Waals surface area contributed by atoms with Gasteiger partial charge in [-0.25, -0.2) is 9.97 Å². The molecule has 5 nitrogen and oxygen atoms in total. The Morgan fingerprint density at radius 1 is 0.419 bits per heavy atom. The van der Waals surface area contributed by atoms with E-state index in [0.717, 1.165) is 55.7 Å². The quantitative estimate of drug-likeness (QED) is 0.178. The summed E-state index contributed by atoms with van der Waals surface area (Å²) in [7, 11) is 0. The molecule has 5 heterocycles. The van der Waals surface area contributed by atoms with Crippen molar-refractivity contribution in [2.75, 3.05) is 0 Å². The molecule has 62 heavy (non-hydrogen) atoms. The molecule has 9 aromatic carbocycles. The molecule has 288 valence electrons. The lowest BCUT2D eigenvalue weighted by molar-refractivity contribution is 0.667. The summed E-state index contributed by atoms with van der Waals surface area (Å²) in [5.41, 5.74) is 11.8. The summed E-state index contributed by atoms with van der Waals surface area (Å²) in [6.07, 6.45) is 0. The van der Waals surface area contributed by atoms with Gasteiger partial charge < -0.3 is 13.6 Å². The minimum Gasteiger partial charge on any atom is -0.452 e. The summed E-state index contributed by atoms with van der Waals surface area (Å²) in [5.74, 6) is 0.645. The monoisotopic (exact) mass is 808 g/mol. The molecular weight excluding hydrogens is 777 g/mol. The van der Waals surface area contributed by atoms with Crippen LogP contribution in [0.3, 0.4) is 0 Å². The van der Waals surface area contributed by atoms with E-state index in [9.17, 15) is 0 Å². The average Bonchev–Trinajstić information content (AvgIpc) is 4.10. The SMILES string of the molecule is c1cc(-c2nc(-c3ccc(-n4c5ccccc5c5c6sc7ccccc7c6c6ccccc6c54)cc3)c3oc4ccccc4c3n2)cc(-n2c3ccccc3c3ccccc32)c1. The molecule has 0 amide bonds. The lowest BCUT2D eigenvalue weighted by atomic mass is 9.99. The summed E-state index contributed by atoms with van der Waals surface area (Å²) in [5, 5.41) is 11.1. The molecular formula is C56H32N4OS. The molecule has 0 spiro atoms. The van der Waals surface area contributed by atoms with Gasteiger partial charge in [0.05, 0.1) is 22.1 Å². The lowest BCUT2D eigenvalue weighted by Gasteiger charge is -2.12. The van der Waals surface area contributed by atoms with E-state index in [4.69, 9.17) is 14.4 Å². The number of nitrogens with zero attached hydrogens (tertiary/aromatic N) is 4. The molecule has 14 aromatic rings. The second-order valence-corrected chi connectivity index (χ2v) is 17.1. The Morgan fingerprint density at radius 3 is 1.79 bits per heavy atom. The first-order valence-electron chi connectivity index (χ1n) is 20.9. The maximum Gasteiger partial charge on any atom is 0.180 e. The summed E-state index contributed by atoms with van der Waals surface area (Å²) in [6, 6.07) is 69.3. The topological polar surface area (TPSA) is 48.8 Å². The third kappa shape index (κ3) is 4.67. The van der Waals surface area contributed by atoms with Gasteiger partial charge in [-0.05, 0) is 66.0 Å². The van der Waals surface area contributed by atoms with Gasteiger partial charge in [-0.2, -0.15) is 0 Å². The number of aromatic nitrogens is 4. The zero-order valence-electron chi connectivity index (χ0n) is 33.1. The molecule has 0 N–H and O–H groups in total. The van der Waals surface area contributed by atoms with Crippen LogP contribution in [0.25, 0.3) is 131 Å². The smallest absolute Gasteiger partial charge is 0.180 e. The molecule has 0 radical (unpaired) electrons. The molecule has 5 aromatic heterocycles. The highest BCUT2D eigenvalue weighted by atomic mass is 32.1. The Morgan fingerprint density at radius 2 is 1.03 bits per heavy atom. The van der Waals surface area contributed by atoms with E-state index in [1.54, 1.807) is 0 Å². The summed E-state index contributed by atoms with van der Waals surface area (Å²) in [6.45, 7) is 0. The minimum atomic E-state index is 0.645. The largest absolute Gasteiger partial charge is 0.452 e. The van der Waals surface area contributed by atoms with Gasteiger partial charge in [-0.1, -0.05) is 133 Å². The van der Waals surface area contributed by atoms with Crippen LogP contribution < -0.4 is 0 Å². The molecule has 0 bridgehead atoms. The van der Waals surface area contributed by atoms with Gasteiger partial charge in [0.25, 0.3) is 0 Å². The fourth-order valence-corrected chi connectivity index (χ4v) is 11.3. The highest BCUT2D eigenvalue weighted by Crippen LogP contribution is 2.48. The molecule has 6 heteroatoms. The van der Waals surface area contributed by atoms with Crippen molar-refractivity contribution < 1.29 is 4.42 Å². The van der Waals surface area contributed by atoms with Crippen molar-refractivity contribution in [2.24, 2.45) is 0 Å². The van der Waals surface area contributed by atoms with Crippen molar-refractivity contribution in [1.29, 1.82) is 0 Å². The van der Waals surface area contributed by atoms with Crippen LogP contribution >= 0.6 is 11.3 Å². The molecule has 0 saturated heterocycles. The molecule has 0 atom stereocenters. The summed E-state index contributed by atoms with van der Waals surface area (Å²) < 4.78 is 14.0. The minimum absolute atomic E-state index is 0.645. The highest BCUT2D eigenvalue weighted by molar-refractivity contribution is 7.27. The van der Waals surface area contributed by atoms with Crippen molar-refractivity contribution in [2.45, 2.75) is 0 Å². The van der Waals surface area contributed by atoms with E-state index in [2.05, 4.69) is 185 Å². The average molecular weight is 809 g/mol. The van der Waals surface area contributed by atoms with Crippen molar-refractivity contribution in [1.82, 2.24) is 19.1 Å². The Balaban J connectivity index is 0.973. The van der Waals surface area contributed by atoms with E-state index in [1.807, 2.05) is 29.5 Å². The van der Waals surface area contributed by atoms with Crippen LogP contribution in [-0.4, -0.2) is 19.1 Å². The predicted molar refractivity (Wildman–Crippen MR) is 259 cm³/mol. The molecule has 0 aliphatic carbocycles. The molecule has 0 fully saturated rings. The summed E-state index contributed by atoms with van der Waals surface area (Å²) in [4.78, 5) is 10.6. The van der Waals surface area contributed by atoms with Crippen molar-refractivity contribution in [3.8, 4) is 34.0 Å². The third-order valence-corrected chi connectivity index (χ3v) is 13.9. The number of furan rings is 1. The van der Waals surface area contributed by atoms with Crippen molar-refractivity contribution in [3.63, 3.8) is 0 Å². The van der Waals surface area contributed by atoms with Crippen LogP contribution in [0.4, 0.5) is 0 Å². The number of para-hydroxylation sites is 4. The van der Waals surface area contributed by atoms with E-state index in [0.29, 0.717) is 11.4 Å². The first-order valence-corrected chi connectivity index (χ1v) is 21.7. The zero-order valence-corrected chi connectivity index (χ0v) is 33.9. The lowest BCUT2D eigenvalue weighted by Crippen LogP contribution is -1.98. The third-order valence-electron chi connectivity index (χ3n) is 12.7. The maximum absolute atomic E-state index is 6.61. The molecule has 0 aliphatic rings. The van der Waals surface area contributed by atoms with E-state index in [-0.39, 0.29) is 0 Å². The van der Waals surface area contributed by atoms with Crippen LogP contribution in [0, 0.1) is 0 Å². The van der Waals surface area contributed by atoms with Gasteiger partial charge in [-0.15, -0.1) is 11.3 Å². The van der Waals surface area contributed by atoms with Crippen molar-refractivity contribution in [3.05, 3.63) is 194 Å². The Labute approximate surface area is 358 Å². The number of hydrogen-bond acceptors (Lipinski definition) is 4. The standard InChI is InChI=1S/C56H32N4OS/c1-2-19-40-39(18-1)49-43-22-7-12-27-48(43)62-55(49)50-41-20-5-10-25-46(41)60(53(40)50)35-30-28-33(29-31-35)51-54-52(42-21-6-11-26-47(42)61-54)58-56(57-51)34-14-13-15-36(32-34)59-44-23-8-3-16-37(44)38-17-4-9-24-45(38)59/h1-32H. The van der Waals surface area contributed by atoms with E-state index >= 15 is 0 Å². The van der Waals surface area contributed by atoms with Crippen LogP contribution in [0.15, 0.2) is 199 Å². The Kier molecular flexibility index (Phi) is 6.92. The van der Waals surface area contributed by atoms with Crippen LogP contribution in [0.1, 0.15) is 0 Å². The van der Waals surface area contributed by atoms with Crippen LogP contribution in [0.2, 0.25) is 0 Å². The normalized spacial score (nSPS) is 12.2. The first kappa shape index (κ1) is 33.7. The van der Waals surface area contributed by atoms with Gasteiger partial charge in [0.15, 0.2) is 11.4 Å². The molecule has 0 saturated carbocycles.